The summed E-state index contributed by atoms with van der Waals surface area (Å²) < 4.78 is 26.9. The maximum absolute atomic E-state index is 12.2. The third-order valence-corrected chi connectivity index (χ3v) is 4.48. The van der Waals surface area contributed by atoms with Crippen molar-refractivity contribution in [1.29, 1.82) is 0 Å². The Morgan fingerprint density at radius 1 is 1.33 bits per heavy atom. The Hall–Kier alpha value is -1.67. The summed E-state index contributed by atoms with van der Waals surface area (Å²) in [4.78, 5) is 14.7. The molecule has 1 unspecified atom stereocenters. The smallest absolute Gasteiger partial charge is 0.294 e. The zero-order valence-corrected chi connectivity index (χ0v) is 12.9. The quantitative estimate of drug-likeness (QED) is 0.555. The van der Waals surface area contributed by atoms with Crippen LogP contribution in [0.25, 0.3) is 0 Å². The van der Waals surface area contributed by atoms with E-state index in [1.807, 2.05) is 13.8 Å². The molecule has 0 aliphatic carbocycles. The molecular weight excluding hydrogens is 296 g/mol. The predicted octanol–water partition coefficient (Wildman–Crippen LogP) is 2.04. The molecule has 0 radical (unpaired) electrons. The Kier molecular flexibility index (Phi) is 6.57. The Bertz CT molecular complexity index is 556. The molecule has 0 fully saturated rings. The summed E-state index contributed by atoms with van der Waals surface area (Å²) in [6, 6.07) is 5.78. The molecule has 0 spiro atoms. The van der Waals surface area contributed by atoms with Gasteiger partial charge in [-0.15, -0.1) is 10.1 Å². The lowest BCUT2D eigenvalue weighted by Crippen LogP contribution is -2.38. The molecule has 1 N–H and O–H groups in total. The highest BCUT2D eigenvalue weighted by Crippen LogP contribution is 2.12. The van der Waals surface area contributed by atoms with E-state index < -0.39 is 21.2 Å². The van der Waals surface area contributed by atoms with Crippen LogP contribution in [0.5, 0.6) is 0 Å². The van der Waals surface area contributed by atoms with Gasteiger partial charge in [-0.2, -0.15) is 0 Å². The first-order valence-corrected chi connectivity index (χ1v) is 8.19. The summed E-state index contributed by atoms with van der Waals surface area (Å²) in [7, 11) is -3.71. The zero-order chi connectivity index (χ0) is 15.9. The Balaban J connectivity index is 2.79. The number of nitrogens with one attached hydrogen (secondary N) is 1. The van der Waals surface area contributed by atoms with Crippen LogP contribution in [-0.4, -0.2) is 26.2 Å². The highest BCUT2D eigenvalue weighted by Gasteiger charge is 2.20. The van der Waals surface area contributed by atoms with E-state index in [0.29, 0.717) is 6.42 Å². The van der Waals surface area contributed by atoms with Crippen LogP contribution in [0.15, 0.2) is 29.2 Å². The van der Waals surface area contributed by atoms with Crippen LogP contribution in [0.2, 0.25) is 0 Å². The van der Waals surface area contributed by atoms with Gasteiger partial charge in [0, 0.05) is 6.04 Å². The third kappa shape index (κ3) is 6.09. The van der Waals surface area contributed by atoms with Crippen LogP contribution in [0.4, 0.5) is 0 Å². The molecule has 1 atom stereocenters. The van der Waals surface area contributed by atoms with Crippen LogP contribution < -0.4 is 4.72 Å². The first-order chi connectivity index (χ1) is 9.85. The summed E-state index contributed by atoms with van der Waals surface area (Å²) in [6.45, 7) is 3.52. The molecule has 0 heterocycles. The van der Waals surface area contributed by atoms with E-state index in [4.69, 9.17) is 0 Å². The van der Waals surface area contributed by atoms with E-state index in [2.05, 4.69) is 9.56 Å². The van der Waals surface area contributed by atoms with Crippen molar-refractivity contribution in [2.75, 3.05) is 6.61 Å². The number of aryl methyl sites for hydroxylation is 1. The fraction of sp³-hybridized carbons (Fsp3) is 0.538. The Morgan fingerprint density at radius 3 is 2.48 bits per heavy atom. The third-order valence-electron chi connectivity index (χ3n) is 2.94. The van der Waals surface area contributed by atoms with Crippen LogP contribution in [0, 0.1) is 17.0 Å². The number of benzene rings is 1. The minimum atomic E-state index is -3.71. The largest absolute Gasteiger partial charge is 0.312 e. The average molecular weight is 316 g/mol. The van der Waals surface area contributed by atoms with E-state index in [1.165, 1.54) is 12.1 Å². The van der Waals surface area contributed by atoms with Gasteiger partial charge in [-0.05, 0) is 25.5 Å². The maximum atomic E-state index is 12.2. The molecule has 8 heteroatoms. The lowest BCUT2D eigenvalue weighted by molar-refractivity contribution is -0.758. The van der Waals surface area contributed by atoms with E-state index in [9.17, 15) is 18.5 Å². The molecule has 7 nitrogen and oxygen atoms in total. The number of hydrogen-bond donors (Lipinski definition) is 1. The molecule has 0 bridgehead atoms. The van der Waals surface area contributed by atoms with Crippen molar-refractivity contribution in [3.8, 4) is 0 Å². The average Bonchev–Trinajstić information content (AvgIpc) is 2.42. The molecule has 0 amide bonds. The van der Waals surface area contributed by atoms with Gasteiger partial charge in [-0.25, -0.2) is 13.1 Å². The summed E-state index contributed by atoms with van der Waals surface area (Å²) in [5.41, 5.74) is 0.952. The van der Waals surface area contributed by atoms with Gasteiger partial charge in [-0.3, -0.25) is 0 Å². The van der Waals surface area contributed by atoms with Gasteiger partial charge >= 0.3 is 0 Å². The minimum Gasteiger partial charge on any atom is -0.312 e. The fourth-order valence-corrected chi connectivity index (χ4v) is 3.04. The second-order valence-corrected chi connectivity index (χ2v) is 6.51. The first kappa shape index (κ1) is 17.4. The Labute approximate surface area is 124 Å². The molecule has 0 aliphatic rings. The number of unbranched alkanes of at least 4 members (excludes halogenated alkanes) is 1. The van der Waals surface area contributed by atoms with Crippen molar-refractivity contribution in [1.82, 2.24) is 4.72 Å². The normalized spacial score (nSPS) is 12.9. The minimum absolute atomic E-state index is 0.135. The maximum Gasteiger partial charge on any atom is 0.294 e. The molecule has 1 aromatic rings. The van der Waals surface area contributed by atoms with Gasteiger partial charge in [-0.1, -0.05) is 37.5 Å². The zero-order valence-electron chi connectivity index (χ0n) is 12.1. The molecule has 0 aliphatic heterocycles. The van der Waals surface area contributed by atoms with Crippen LogP contribution in [0.3, 0.4) is 0 Å². The molecule has 0 saturated heterocycles. The van der Waals surface area contributed by atoms with Crippen LogP contribution in [0.1, 0.15) is 31.7 Å². The van der Waals surface area contributed by atoms with Gasteiger partial charge < -0.3 is 4.84 Å². The number of rotatable bonds is 9. The van der Waals surface area contributed by atoms with Gasteiger partial charge in [0.05, 0.1) is 4.90 Å². The van der Waals surface area contributed by atoms with Crippen LogP contribution >= 0.6 is 0 Å². The van der Waals surface area contributed by atoms with Crippen LogP contribution in [-0.2, 0) is 14.9 Å². The number of sulfonamides is 1. The molecule has 21 heavy (non-hydrogen) atoms. The lowest BCUT2D eigenvalue weighted by Gasteiger charge is -2.17. The van der Waals surface area contributed by atoms with E-state index in [1.54, 1.807) is 12.1 Å². The summed E-state index contributed by atoms with van der Waals surface area (Å²) in [5, 5.41) is 9.34. The van der Waals surface area contributed by atoms with E-state index >= 15 is 0 Å². The summed E-state index contributed by atoms with van der Waals surface area (Å²) in [5.74, 6) is 0. The Morgan fingerprint density at radius 2 is 1.95 bits per heavy atom. The first-order valence-electron chi connectivity index (χ1n) is 6.71. The predicted molar refractivity (Wildman–Crippen MR) is 77.8 cm³/mol. The highest BCUT2D eigenvalue weighted by molar-refractivity contribution is 7.89. The summed E-state index contributed by atoms with van der Waals surface area (Å²) >= 11 is 0. The molecular formula is C13H20N2O5S. The SMILES string of the molecule is CCCCC(CO[N+](=O)[O-])NS(=O)(=O)c1ccc(C)cc1. The van der Waals surface area contributed by atoms with Crippen molar-refractivity contribution >= 4 is 10.0 Å². The van der Waals surface area contributed by atoms with Crippen molar-refractivity contribution in [2.24, 2.45) is 0 Å². The standard InChI is InChI=1S/C13H20N2O5S/c1-3-4-5-12(10-20-15(16)17)14-21(18,19)13-8-6-11(2)7-9-13/h6-9,12,14H,3-5,10H2,1-2H3. The van der Waals surface area contributed by atoms with E-state index in [0.717, 1.165) is 18.4 Å². The second-order valence-electron chi connectivity index (χ2n) is 4.79. The molecule has 0 aromatic heterocycles. The molecule has 1 aromatic carbocycles. The fourth-order valence-electron chi connectivity index (χ4n) is 1.78. The van der Waals surface area contributed by atoms with Gasteiger partial charge in [0.2, 0.25) is 10.0 Å². The van der Waals surface area contributed by atoms with Crippen molar-refractivity contribution < 1.29 is 18.3 Å². The number of nitrogens with zero attached hydrogens (tertiary/aromatic N) is 1. The van der Waals surface area contributed by atoms with E-state index in [-0.39, 0.29) is 11.5 Å². The lowest BCUT2D eigenvalue weighted by atomic mass is 10.1. The van der Waals surface area contributed by atoms with Crippen molar-refractivity contribution in [3.63, 3.8) is 0 Å². The highest BCUT2D eigenvalue weighted by atomic mass is 32.2. The molecule has 118 valence electrons. The second kappa shape index (κ2) is 7.94. The summed E-state index contributed by atoms with van der Waals surface area (Å²) in [6.07, 6.45) is 2.10. The van der Waals surface area contributed by atoms with Gasteiger partial charge in [0.1, 0.15) is 6.61 Å². The molecule has 0 saturated carbocycles. The topological polar surface area (TPSA) is 98.5 Å². The molecule has 1 rings (SSSR count). The van der Waals surface area contributed by atoms with Gasteiger partial charge in [0.15, 0.2) is 0 Å². The monoisotopic (exact) mass is 316 g/mol. The van der Waals surface area contributed by atoms with Crippen molar-refractivity contribution in [2.45, 2.75) is 44.0 Å². The van der Waals surface area contributed by atoms with Gasteiger partial charge in [0.25, 0.3) is 5.09 Å². The van der Waals surface area contributed by atoms with Crippen molar-refractivity contribution in [3.05, 3.63) is 39.9 Å². The number of hydrogen-bond acceptors (Lipinski definition) is 5.